The van der Waals surface area contributed by atoms with Crippen LogP contribution in [-0.4, -0.2) is 35.1 Å². The van der Waals surface area contributed by atoms with Crippen molar-refractivity contribution in [1.82, 2.24) is 4.90 Å². The molecule has 3 nitrogen and oxygen atoms in total. The molecular formula is C16H18FNO2. The van der Waals surface area contributed by atoms with Crippen molar-refractivity contribution in [3.8, 4) is 11.8 Å². The standard InChI is InChI=1S/C16H18FNO2/c1-11-8-12(2)18(10-11)16(20)14-6-5-13(4-3-7-19)15(17)9-14/h5-6,9,11-12,19H,7-8,10H2,1-2H3. The summed E-state index contributed by atoms with van der Waals surface area (Å²) >= 11 is 0. The van der Waals surface area contributed by atoms with E-state index in [4.69, 9.17) is 5.11 Å². The van der Waals surface area contributed by atoms with E-state index < -0.39 is 5.82 Å². The molecule has 1 aromatic rings. The third-order valence-electron chi connectivity index (χ3n) is 3.56. The first-order valence-electron chi connectivity index (χ1n) is 6.73. The minimum atomic E-state index is -0.531. The van der Waals surface area contributed by atoms with E-state index >= 15 is 0 Å². The van der Waals surface area contributed by atoms with E-state index in [-0.39, 0.29) is 24.1 Å². The van der Waals surface area contributed by atoms with Crippen LogP contribution in [0.25, 0.3) is 0 Å². The van der Waals surface area contributed by atoms with E-state index in [0.29, 0.717) is 18.0 Å². The zero-order chi connectivity index (χ0) is 14.7. The maximum absolute atomic E-state index is 13.8. The first-order valence-corrected chi connectivity index (χ1v) is 6.73. The highest BCUT2D eigenvalue weighted by Crippen LogP contribution is 2.24. The van der Waals surface area contributed by atoms with Crippen molar-refractivity contribution in [3.63, 3.8) is 0 Å². The number of carbonyl (C=O) groups excluding carboxylic acids is 1. The predicted octanol–water partition coefficient (Wildman–Crippen LogP) is 2.04. The van der Waals surface area contributed by atoms with Crippen LogP contribution in [0.4, 0.5) is 4.39 Å². The van der Waals surface area contributed by atoms with Crippen LogP contribution in [0, 0.1) is 23.6 Å². The number of rotatable bonds is 1. The number of aliphatic hydroxyl groups is 1. The predicted molar refractivity (Wildman–Crippen MR) is 74.6 cm³/mol. The monoisotopic (exact) mass is 275 g/mol. The fourth-order valence-electron chi connectivity index (χ4n) is 2.63. The number of aliphatic hydroxyl groups excluding tert-OH is 1. The minimum absolute atomic E-state index is 0.137. The van der Waals surface area contributed by atoms with Crippen LogP contribution in [0.5, 0.6) is 0 Å². The molecule has 1 saturated heterocycles. The summed E-state index contributed by atoms with van der Waals surface area (Å²) in [4.78, 5) is 14.2. The van der Waals surface area contributed by atoms with E-state index in [2.05, 4.69) is 18.8 Å². The first-order chi connectivity index (χ1) is 9.52. The van der Waals surface area contributed by atoms with Crippen LogP contribution in [0.3, 0.4) is 0 Å². The number of likely N-dealkylation sites (tertiary alicyclic amines) is 1. The van der Waals surface area contributed by atoms with Crippen LogP contribution < -0.4 is 0 Å². The van der Waals surface area contributed by atoms with Gasteiger partial charge in [-0.05, 0) is 37.5 Å². The Labute approximate surface area is 118 Å². The van der Waals surface area contributed by atoms with Gasteiger partial charge in [-0.3, -0.25) is 4.79 Å². The normalized spacial score (nSPS) is 21.5. The minimum Gasteiger partial charge on any atom is -0.384 e. The van der Waals surface area contributed by atoms with E-state index in [1.165, 1.54) is 12.1 Å². The fraction of sp³-hybridized carbons (Fsp3) is 0.438. The topological polar surface area (TPSA) is 40.5 Å². The fourth-order valence-corrected chi connectivity index (χ4v) is 2.63. The Kier molecular flexibility index (Phi) is 4.41. The Morgan fingerprint density at radius 1 is 1.50 bits per heavy atom. The summed E-state index contributed by atoms with van der Waals surface area (Å²) in [6.07, 6.45) is 0.980. The highest BCUT2D eigenvalue weighted by Gasteiger charge is 2.30. The molecule has 0 saturated carbocycles. The molecule has 0 bridgehead atoms. The van der Waals surface area contributed by atoms with E-state index in [9.17, 15) is 9.18 Å². The summed E-state index contributed by atoms with van der Waals surface area (Å²) in [5.74, 6) is 4.72. The van der Waals surface area contributed by atoms with Crippen molar-refractivity contribution < 1.29 is 14.3 Å². The van der Waals surface area contributed by atoms with Gasteiger partial charge in [0.25, 0.3) is 5.91 Å². The summed E-state index contributed by atoms with van der Waals surface area (Å²) in [5.41, 5.74) is 0.538. The SMILES string of the molecule is CC1CC(C)N(C(=O)c2ccc(C#CCO)c(F)c2)C1. The average molecular weight is 275 g/mol. The third-order valence-corrected chi connectivity index (χ3v) is 3.56. The second-order valence-electron chi connectivity index (χ2n) is 5.30. The van der Waals surface area contributed by atoms with Gasteiger partial charge in [0, 0.05) is 18.2 Å². The van der Waals surface area contributed by atoms with E-state index in [0.717, 1.165) is 6.42 Å². The Balaban J connectivity index is 2.21. The van der Waals surface area contributed by atoms with Gasteiger partial charge < -0.3 is 10.0 Å². The molecule has 0 radical (unpaired) electrons. The first kappa shape index (κ1) is 14.5. The zero-order valence-electron chi connectivity index (χ0n) is 11.7. The molecule has 0 aliphatic carbocycles. The molecule has 1 fully saturated rings. The number of hydrogen-bond donors (Lipinski definition) is 1. The molecule has 2 unspecified atom stereocenters. The van der Waals surface area contributed by atoms with E-state index in [1.807, 2.05) is 6.92 Å². The molecule has 106 valence electrons. The van der Waals surface area contributed by atoms with Gasteiger partial charge in [0.05, 0.1) is 5.56 Å². The second kappa shape index (κ2) is 6.06. The number of nitrogens with zero attached hydrogens (tertiary/aromatic N) is 1. The Hall–Kier alpha value is -1.86. The second-order valence-corrected chi connectivity index (χ2v) is 5.30. The van der Waals surface area contributed by atoms with Gasteiger partial charge in [-0.25, -0.2) is 4.39 Å². The lowest BCUT2D eigenvalue weighted by atomic mass is 10.1. The lowest BCUT2D eigenvalue weighted by molar-refractivity contribution is 0.0743. The lowest BCUT2D eigenvalue weighted by Gasteiger charge is -2.21. The molecule has 1 aromatic carbocycles. The third kappa shape index (κ3) is 3.00. The summed E-state index contributed by atoms with van der Waals surface area (Å²) < 4.78 is 13.8. The number of carbonyl (C=O) groups is 1. The van der Waals surface area contributed by atoms with Crippen LogP contribution in [0.1, 0.15) is 36.2 Å². The number of halogens is 1. The maximum Gasteiger partial charge on any atom is 0.254 e. The van der Waals surface area contributed by atoms with Gasteiger partial charge in [0.15, 0.2) is 0 Å². The van der Waals surface area contributed by atoms with Gasteiger partial charge >= 0.3 is 0 Å². The zero-order valence-corrected chi connectivity index (χ0v) is 11.7. The van der Waals surface area contributed by atoms with E-state index in [1.54, 1.807) is 11.0 Å². The van der Waals surface area contributed by atoms with Gasteiger partial charge in [-0.1, -0.05) is 18.8 Å². The molecular weight excluding hydrogens is 257 g/mol. The number of benzene rings is 1. The van der Waals surface area contributed by atoms with Crippen LogP contribution >= 0.6 is 0 Å². The summed E-state index contributed by atoms with van der Waals surface area (Å²) in [6.45, 7) is 4.52. The van der Waals surface area contributed by atoms with Gasteiger partial charge in [-0.15, -0.1) is 0 Å². The Bertz CT molecular complexity index is 574. The maximum atomic E-state index is 13.8. The van der Waals surface area contributed by atoms with Crippen molar-refractivity contribution in [1.29, 1.82) is 0 Å². The van der Waals surface area contributed by atoms with Crippen molar-refractivity contribution in [2.24, 2.45) is 5.92 Å². The lowest BCUT2D eigenvalue weighted by Crippen LogP contribution is -2.34. The van der Waals surface area contributed by atoms with Gasteiger partial charge in [0.1, 0.15) is 12.4 Å². The van der Waals surface area contributed by atoms with Crippen LogP contribution in [-0.2, 0) is 0 Å². The van der Waals surface area contributed by atoms with Crippen LogP contribution in [0.15, 0.2) is 18.2 Å². The Morgan fingerprint density at radius 2 is 2.25 bits per heavy atom. The van der Waals surface area contributed by atoms with Gasteiger partial charge in [-0.2, -0.15) is 0 Å². The molecule has 20 heavy (non-hydrogen) atoms. The van der Waals surface area contributed by atoms with Crippen molar-refractivity contribution >= 4 is 5.91 Å². The molecule has 2 rings (SSSR count). The smallest absolute Gasteiger partial charge is 0.254 e. The van der Waals surface area contributed by atoms with Crippen molar-refractivity contribution in [3.05, 3.63) is 35.1 Å². The average Bonchev–Trinajstić information content (AvgIpc) is 2.75. The Morgan fingerprint density at radius 3 is 2.80 bits per heavy atom. The van der Waals surface area contributed by atoms with Crippen LogP contribution in [0.2, 0.25) is 0 Å². The van der Waals surface area contributed by atoms with Crippen molar-refractivity contribution in [2.45, 2.75) is 26.3 Å². The molecule has 4 heteroatoms. The number of hydrogen-bond acceptors (Lipinski definition) is 2. The summed E-state index contributed by atoms with van der Waals surface area (Å²) in [7, 11) is 0. The molecule has 2 atom stereocenters. The quantitative estimate of drug-likeness (QED) is 0.797. The highest BCUT2D eigenvalue weighted by atomic mass is 19.1. The van der Waals surface area contributed by atoms with Gasteiger partial charge in [0.2, 0.25) is 0 Å². The summed E-state index contributed by atoms with van der Waals surface area (Å²) in [6, 6.07) is 4.48. The molecule has 1 N–H and O–H groups in total. The molecule has 1 heterocycles. The number of amides is 1. The summed E-state index contributed by atoms with van der Waals surface area (Å²) in [5, 5.41) is 8.60. The molecule has 1 amide bonds. The molecule has 0 spiro atoms. The molecule has 1 aliphatic rings. The molecule has 1 aliphatic heterocycles. The molecule has 0 aromatic heterocycles. The largest absolute Gasteiger partial charge is 0.384 e. The van der Waals surface area contributed by atoms with Crippen molar-refractivity contribution in [2.75, 3.05) is 13.2 Å². The highest BCUT2D eigenvalue weighted by molar-refractivity contribution is 5.94.